The van der Waals surface area contributed by atoms with Gasteiger partial charge in [-0.05, 0) is 51.1 Å². The van der Waals surface area contributed by atoms with Crippen molar-refractivity contribution in [2.24, 2.45) is 0 Å². The van der Waals surface area contributed by atoms with Gasteiger partial charge in [-0.2, -0.15) is 9.40 Å². The predicted octanol–water partition coefficient (Wildman–Crippen LogP) is 4.40. The maximum Gasteiger partial charge on any atom is 0.256 e. The van der Waals surface area contributed by atoms with Crippen LogP contribution >= 0.6 is 0 Å². The van der Waals surface area contributed by atoms with Crippen molar-refractivity contribution >= 4 is 32.7 Å². The van der Waals surface area contributed by atoms with Gasteiger partial charge in [-0.15, -0.1) is 0 Å². The van der Waals surface area contributed by atoms with E-state index in [2.05, 4.69) is 10.4 Å². The quantitative estimate of drug-likeness (QED) is 0.426. The Morgan fingerprint density at radius 1 is 1.09 bits per heavy atom. The van der Waals surface area contributed by atoms with Crippen LogP contribution in [-0.2, 0) is 16.6 Å². The van der Waals surface area contributed by atoms with Crippen molar-refractivity contribution in [3.8, 4) is 11.3 Å². The van der Waals surface area contributed by atoms with Crippen molar-refractivity contribution in [3.05, 3.63) is 72.4 Å². The van der Waals surface area contributed by atoms with E-state index in [0.29, 0.717) is 34.5 Å². The number of carbonyl (C=O) groups excluding carboxylic acids is 1. The fourth-order valence-corrected chi connectivity index (χ4v) is 4.94. The molecule has 176 valence electrons. The fourth-order valence-electron chi connectivity index (χ4n) is 3.58. The van der Waals surface area contributed by atoms with Crippen molar-refractivity contribution in [1.82, 2.24) is 19.1 Å². The molecule has 0 bridgehead atoms. The van der Waals surface area contributed by atoms with E-state index in [0.717, 1.165) is 5.56 Å². The van der Waals surface area contributed by atoms with Crippen molar-refractivity contribution in [3.63, 3.8) is 0 Å². The number of nitrogens with one attached hydrogen (secondary N) is 1. The lowest BCUT2D eigenvalue weighted by atomic mass is 10.1. The van der Waals surface area contributed by atoms with Gasteiger partial charge in [0.25, 0.3) is 5.91 Å². The molecule has 0 saturated carbocycles. The highest BCUT2D eigenvalue weighted by Crippen LogP contribution is 2.26. The Kier molecular flexibility index (Phi) is 6.49. The van der Waals surface area contributed by atoms with E-state index in [9.17, 15) is 13.2 Å². The molecule has 1 N–H and O–H groups in total. The van der Waals surface area contributed by atoms with Crippen LogP contribution in [0, 0.1) is 0 Å². The minimum absolute atomic E-state index is 0.165. The third kappa shape index (κ3) is 4.44. The van der Waals surface area contributed by atoms with Crippen LogP contribution in [0.1, 0.15) is 31.1 Å². The summed E-state index contributed by atoms with van der Waals surface area (Å²) in [5, 5.41) is 7.90. The van der Waals surface area contributed by atoms with E-state index in [1.54, 1.807) is 36.1 Å². The number of fused-ring (bicyclic) bond motifs is 1. The van der Waals surface area contributed by atoms with Crippen molar-refractivity contribution in [2.75, 3.05) is 12.4 Å². The molecule has 2 aromatic heterocycles. The molecule has 0 aliphatic heterocycles. The summed E-state index contributed by atoms with van der Waals surface area (Å²) in [4.78, 5) is 18.2. The average molecular weight is 478 g/mol. The molecule has 34 heavy (non-hydrogen) atoms. The van der Waals surface area contributed by atoms with Gasteiger partial charge in [-0.25, -0.2) is 18.1 Å². The Hall–Kier alpha value is -3.56. The summed E-state index contributed by atoms with van der Waals surface area (Å²) < 4.78 is 28.5. The Morgan fingerprint density at radius 2 is 1.76 bits per heavy atom. The first kappa shape index (κ1) is 23.6. The first-order valence-electron chi connectivity index (χ1n) is 11.0. The van der Waals surface area contributed by atoms with Gasteiger partial charge in [0.1, 0.15) is 0 Å². The predicted molar refractivity (Wildman–Crippen MR) is 133 cm³/mol. The zero-order valence-electron chi connectivity index (χ0n) is 19.6. The van der Waals surface area contributed by atoms with Crippen LogP contribution in [0.4, 0.5) is 5.69 Å². The summed E-state index contributed by atoms with van der Waals surface area (Å²) in [5.41, 5.74) is 3.13. The lowest BCUT2D eigenvalue weighted by Crippen LogP contribution is -2.33. The Bertz CT molecular complexity index is 1430. The summed E-state index contributed by atoms with van der Waals surface area (Å²) >= 11 is 0. The number of rotatable bonds is 7. The Balaban J connectivity index is 1.68. The number of carbonyl (C=O) groups is 1. The van der Waals surface area contributed by atoms with Crippen LogP contribution < -0.4 is 5.32 Å². The standard InChI is InChI=1S/C25H27N5O3S/c1-5-30-24-22(16-26-30)21(15-23(28-24)18-9-7-6-8-10-18)25(31)27-19-11-13-20(14-12-19)34(32,33)29(4)17(2)3/h6-17H,5H2,1-4H3,(H,27,31). The maximum atomic E-state index is 13.3. The van der Waals surface area contributed by atoms with Gasteiger partial charge < -0.3 is 5.32 Å². The van der Waals surface area contributed by atoms with Crippen LogP contribution in [-0.4, -0.2) is 46.5 Å². The molecule has 4 aromatic rings. The molecule has 8 nitrogen and oxygen atoms in total. The van der Waals surface area contributed by atoms with Gasteiger partial charge in [0.2, 0.25) is 10.0 Å². The highest BCUT2D eigenvalue weighted by Gasteiger charge is 2.23. The monoisotopic (exact) mass is 477 g/mol. The number of aryl methyl sites for hydroxylation is 1. The van der Waals surface area contributed by atoms with E-state index in [4.69, 9.17) is 4.98 Å². The van der Waals surface area contributed by atoms with Crippen LogP contribution in [0.2, 0.25) is 0 Å². The molecular formula is C25H27N5O3S. The lowest BCUT2D eigenvalue weighted by molar-refractivity contribution is 0.102. The fraction of sp³-hybridized carbons (Fsp3) is 0.240. The third-order valence-corrected chi connectivity index (χ3v) is 7.79. The first-order valence-corrected chi connectivity index (χ1v) is 12.5. The first-order chi connectivity index (χ1) is 16.2. The Labute approximate surface area is 199 Å². The summed E-state index contributed by atoms with van der Waals surface area (Å²) in [6.07, 6.45) is 1.65. The van der Waals surface area contributed by atoms with E-state index >= 15 is 0 Å². The molecular weight excluding hydrogens is 450 g/mol. The van der Waals surface area contributed by atoms with Gasteiger partial charge in [-0.3, -0.25) is 4.79 Å². The molecule has 4 rings (SSSR count). The number of amides is 1. The number of sulfonamides is 1. The van der Waals surface area contributed by atoms with Crippen molar-refractivity contribution in [2.45, 2.75) is 38.3 Å². The second kappa shape index (κ2) is 9.36. The lowest BCUT2D eigenvalue weighted by Gasteiger charge is -2.21. The number of hydrogen-bond acceptors (Lipinski definition) is 5. The van der Waals surface area contributed by atoms with Crippen LogP contribution in [0.15, 0.2) is 71.8 Å². The summed E-state index contributed by atoms with van der Waals surface area (Å²) in [5.74, 6) is -0.324. The van der Waals surface area contributed by atoms with E-state index in [1.165, 1.54) is 16.4 Å². The molecule has 0 saturated heterocycles. The van der Waals surface area contributed by atoms with Gasteiger partial charge in [0, 0.05) is 30.9 Å². The minimum Gasteiger partial charge on any atom is -0.322 e. The average Bonchev–Trinajstić information content (AvgIpc) is 3.26. The zero-order chi connectivity index (χ0) is 24.5. The molecule has 9 heteroatoms. The van der Waals surface area contributed by atoms with Crippen LogP contribution in [0.5, 0.6) is 0 Å². The minimum atomic E-state index is -3.60. The highest BCUT2D eigenvalue weighted by atomic mass is 32.2. The number of aromatic nitrogens is 3. The van der Waals surface area contributed by atoms with Gasteiger partial charge in [0.15, 0.2) is 5.65 Å². The summed E-state index contributed by atoms with van der Waals surface area (Å²) in [7, 11) is -2.05. The Morgan fingerprint density at radius 3 is 2.38 bits per heavy atom. The highest BCUT2D eigenvalue weighted by molar-refractivity contribution is 7.89. The molecule has 0 radical (unpaired) electrons. The molecule has 0 atom stereocenters. The smallest absolute Gasteiger partial charge is 0.256 e. The molecule has 1 amide bonds. The van der Waals surface area contributed by atoms with Crippen LogP contribution in [0.3, 0.4) is 0 Å². The summed E-state index contributed by atoms with van der Waals surface area (Å²) in [6, 6.07) is 17.4. The molecule has 0 aliphatic carbocycles. The van der Waals surface area contributed by atoms with E-state index in [1.807, 2.05) is 51.1 Å². The van der Waals surface area contributed by atoms with E-state index < -0.39 is 10.0 Å². The third-order valence-electron chi connectivity index (χ3n) is 5.74. The summed E-state index contributed by atoms with van der Waals surface area (Å²) in [6.45, 7) is 6.21. The SMILES string of the molecule is CCn1ncc2c(C(=O)Nc3ccc(S(=O)(=O)N(C)C(C)C)cc3)cc(-c3ccccc3)nc21. The molecule has 0 unspecified atom stereocenters. The largest absolute Gasteiger partial charge is 0.322 e. The van der Waals surface area contributed by atoms with Gasteiger partial charge in [0.05, 0.1) is 27.7 Å². The molecule has 0 spiro atoms. The maximum absolute atomic E-state index is 13.3. The second-order valence-corrected chi connectivity index (χ2v) is 10.2. The molecule has 2 heterocycles. The van der Waals surface area contributed by atoms with Crippen molar-refractivity contribution in [1.29, 1.82) is 0 Å². The number of pyridine rings is 1. The van der Waals surface area contributed by atoms with Gasteiger partial charge >= 0.3 is 0 Å². The molecule has 0 aliphatic rings. The van der Waals surface area contributed by atoms with Gasteiger partial charge in [-0.1, -0.05) is 30.3 Å². The number of hydrogen-bond donors (Lipinski definition) is 1. The zero-order valence-corrected chi connectivity index (χ0v) is 20.4. The van der Waals surface area contributed by atoms with Crippen LogP contribution in [0.25, 0.3) is 22.3 Å². The van der Waals surface area contributed by atoms with E-state index in [-0.39, 0.29) is 16.8 Å². The number of nitrogens with zero attached hydrogens (tertiary/aromatic N) is 4. The number of anilines is 1. The topological polar surface area (TPSA) is 97.2 Å². The normalized spacial score (nSPS) is 11.9. The van der Waals surface area contributed by atoms with Crippen molar-refractivity contribution < 1.29 is 13.2 Å². The molecule has 2 aromatic carbocycles. The number of benzene rings is 2. The molecule has 0 fully saturated rings. The second-order valence-electron chi connectivity index (χ2n) is 8.21.